The average molecular weight is 210 g/mol. The molecular weight excluding hydrogens is 199 g/mol. The van der Waals surface area contributed by atoms with E-state index in [9.17, 15) is 4.39 Å². The Balaban J connectivity index is 2.81. The highest BCUT2D eigenvalue weighted by Crippen LogP contribution is 2.25. The third kappa shape index (κ3) is 3.46. The van der Waals surface area contributed by atoms with Crippen LogP contribution < -0.4 is 5.32 Å². The summed E-state index contributed by atoms with van der Waals surface area (Å²) in [5, 5.41) is 6.35. The lowest BCUT2D eigenvalue weighted by molar-refractivity contribution is 0.211. The van der Waals surface area contributed by atoms with Crippen molar-refractivity contribution in [3.05, 3.63) is 34.5 Å². The molecule has 5 nitrogen and oxygen atoms in total. The van der Waals surface area contributed by atoms with Crippen molar-refractivity contribution < 1.29 is 9.13 Å². The highest BCUT2D eigenvalue weighted by atomic mass is 19.1. The van der Waals surface area contributed by atoms with Crippen molar-refractivity contribution in [3.8, 4) is 0 Å². The van der Waals surface area contributed by atoms with Gasteiger partial charge in [-0.15, -0.1) is 0 Å². The van der Waals surface area contributed by atoms with E-state index in [-0.39, 0.29) is 5.69 Å². The summed E-state index contributed by atoms with van der Waals surface area (Å²) in [5.41, 5.74) is 9.12. The number of hydrogen-bond donors (Lipinski definition) is 1. The molecule has 1 rings (SSSR count). The minimum Gasteiger partial charge on any atom is -0.383 e. The topological polar surface area (TPSA) is 70.0 Å². The molecule has 0 aromatic heterocycles. The summed E-state index contributed by atoms with van der Waals surface area (Å²) in [6.07, 6.45) is 0. The Morgan fingerprint density at radius 1 is 1.60 bits per heavy atom. The van der Waals surface area contributed by atoms with Crippen molar-refractivity contribution >= 4 is 11.4 Å². The first-order chi connectivity index (χ1) is 7.27. The Labute approximate surface area is 86.5 Å². The summed E-state index contributed by atoms with van der Waals surface area (Å²) >= 11 is 0. The number of methoxy groups -OCH3 is 1. The van der Waals surface area contributed by atoms with Crippen LogP contribution in [0.4, 0.5) is 15.8 Å². The fourth-order valence-electron chi connectivity index (χ4n) is 1.07. The number of ether oxygens (including phenoxy) is 1. The molecule has 1 aromatic rings. The third-order valence-electron chi connectivity index (χ3n) is 1.73. The van der Waals surface area contributed by atoms with Crippen molar-refractivity contribution in [1.29, 1.82) is 0 Å². The van der Waals surface area contributed by atoms with Gasteiger partial charge in [0.1, 0.15) is 5.82 Å². The van der Waals surface area contributed by atoms with Crippen LogP contribution in [0.2, 0.25) is 0 Å². The van der Waals surface area contributed by atoms with E-state index in [1.165, 1.54) is 18.2 Å². The van der Waals surface area contributed by atoms with Crippen molar-refractivity contribution in [2.75, 3.05) is 25.6 Å². The number of azide groups is 1. The molecule has 15 heavy (non-hydrogen) atoms. The molecule has 0 atom stereocenters. The molecule has 0 unspecified atom stereocenters. The van der Waals surface area contributed by atoms with Crippen LogP contribution >= 0.6 is 0 Å². The fraction of sp³-hybridized carbons (Fsp3) is 0.333. The smallest absolute Gasteiger partial charge is 0.123 e. The molecule has 0 aliphatic rings. The van der Waals surface area contributed by atoms with E-state index >= 15 is 0 Å². The summed E-state index contributed by atoms with van der Waals surface area (Å²) in [5.74, 6) is -0.435. The number of nitrogens with one attached hydrogen (secondary N) is 1. The van der Waals surface area contributed by atoms with Gasteiger partial charge in [-0.2, -0.15) is 0 Å². The van der Waals surface area contributed by atoms with E-state index in [2.05, 4.69) is 15.3 Å². The highest BCUT2D eigenvalue weighted by Gasteiger charge is 2.01. The van der Waals surface area contributed by atoms with Gasteiger partial charge in [0.05, 0.1) is 12.3 Å². The maximum Gasteiger partial charge on any atom is 0.123 e. The van der Waals surface area contributed by atoms with Crippen LogP contribution in [0.1, 0.15) is 0 Å². The van der Waals surface area contributed by atoms with E-state index < -0.39 is 5.82 Å². The SMILES string of the molecule is COCCNc1ccc(F)cc1N=[N+]=[N-]. The first-order valence-corrected chi connectivity index (χ1v) is 4.35. The highest BCUT2D eigenvalue weighted by molar-refractivity contribution is 5.65. The first kappa shape index (κ1) is 11.3. The van der Waals surface area contributed by atoms with E-state index in [0.29, 0.717) is 18.8 Å². The van der Waals surface area contributed by atoms with E-state index in [4.69, 9.17) is 10.3 Å². The molecule has 0 aliphatic heterocycles. The van der Waals surface area contributed by atoms with Crippen LogP contribution in [0.15, 0.2) is 23.3 Å². The predicted molar refractivity (Wildman–Crippen MR) is 55.6 cm³/mol. The van der Waals surface area contributed by atoms with Gasteiger partial charge in [-0.1, -0.05) is 5.11 Å². The van der Waals surface area contributed by atoms with Crippen LogP contribution in [0.5, 0.6) is 0 Å². The van der Waals surface area contributed by atoms with Crippen LogP contribution in [0.25, 0.3) is 10.4 Å². The molecule has 0 bridgehead atoms. The molecule has 0 saturated carbocycles. The molecule has 6 heteroatoms. The minimum absolute atomic E-state index is 0.244. The lowest BCUT2D eigenvalue weighted by Crippen LogP contribution is -2.07. The normalized spacial score (nSPS) is 9.47. The number of anilines is 1. The van der Waals surface area contributed by atoms with Crippen molar-refractivity contribution in [2.24, 2.45) is 5.11 Å². The minimum atomic E-state index is -0.435. The Kier molecular flexibility index (Phi) is 4.40. The van der Waals surface area contributed by atoms with Gasteiger partial charge in [0.15, 0.2) is 0 Å². The monoisotopic (exact) mass is 210 g/mol. The Morgan fingerprint density at radius 2 is 2.40 bits per heavy atom. The molecule has 0 aliphatic carbocycles. The first-order valence-electron chi connectivity index (χ1n) is 4.35. The largest absolute Gasteiger partial charge is 0.383 e. The molecule has 1 aromatic carbocycles. The van der Waals surface area contributed by atoms with Gasteiger partial charge in [0.2, 0.25) is 0 Å². The van der Waals surface area contributed by atoms with Gasteiger partial charge in [0.25, 0.3) is 0 Å². The molecule has 1 N–H and O–H groups in total. The lowest BCUT2D eigenvalue weighted by Gasteiger charge is -2.08. The van der Waals surface area contributed by atoms with Crippen LogP contribution in [0.3, 0.4) is 0 Å². The van der Waals surface area contributed by atoms with E-state index in [1.54, 1.807) is 7.11 Å². The van der Waals surface area contributed by atoms with Crippen LogP contribution in [-0.2, 0) is 4.74 Å². The number of hydrogen-bond acceptors (Lipinski definition) is 3. The van der Waals surface area contributed by atoms with Crippen molar-refractivity contribution in [1.82, 2.24) is 0 Å². The molecule has 0 spiro atoms. The fourth-order valence-corrected chi connectivity index (χ4v) is 1.07. The maximum atomic E-state index is 12.8. The standard InChI is InChI=1S/C9H11FN4O/c1-15-5-4-12-8-3-2-7(10)6-9(8)13-14-11/h2-3,6,12H,4-5H2,1H3. The molecule has 0 heterocycles. The quantitative estimate of drug-likeness (QED) is 0.351. The van der Waals surface area contributed by atoms with Gasteiger partial charge < -0.3 is 10.1 Å². The zero-order valence-electron chi connectivity index (χ0n) is 8.27. The predicted octanol–water partition coefficient (Wildman–Crippen LogP) is 2.83. The maximum absolute atomic E-state index is 12.8. The second-order valence-electron chi connectivity index (χ2n) is 2.77. The van der Waals surface area contributed by atoms with Crippen molar-refractivity contribution in [3.63, 3.8) is 0 Å². The van der Waals surface area contributed by atoms with Gasteiger partial charge in [-0.05, 0) is 23.7 Å². The van der Waals surface area contributed by atoms with Crippen LogP contribution in [-0.4, -0.2) is 20.3 Å². The zero-order valence-corrected chi connectivity index (χ0v) is 8.27. The molecule has 0 fully saturated rings. The summed E-state index contributed by atoms with van der Waals surface area (Å²) < 4.78 is 17.7. The molecular formula is C9H11FN4O. The third-order valence-corrected chi connectivity index (χ3v) is 1.73. The second kappa shape index (κ2) is 5.85. The van der Waals surface area contributed by atoms with Crippen LogP contribution in [0, 0.1) is 5.82 Å². The summed E-state index contributed by atoms with van der Waals surface area (Å²) in [6.45, 7) is 1.09. The summed E-state index contributed by atoms with van der Waals surface area (Å²) in [4.78, 5) is 2.62. The zero-order chi connectivity index (χ0) is 11.1. The molecule has 0 radical (unpaired) electrons. The average Bonchev–Trinajstić information content (AvgIpc) is 2.22. The Bertz CT molecular complexity index is 376. The van der Waals surface area contributed by atoms with Gasteiger partial charge >= 0.3 is 0 Å². The number of benzene rings is 1. The van der Waals surface area contributed by atoms with Gasteiger partial charge in [-0.3, -0.25) is 0 Å². The van der Waals surface area contributed by atoms with E-state index in [1.807, 2.05) is 0 Å². The molecule has 80 valence electrons. The van der Waals surface area contributed by atoms with E-state index in [0.717, 1.165) is 0 Å². The van der Waals surface area contributed by atoms with Crippen molar-refractivity contribution in [2.45, 2.75) is 0 Å². The number of rotatable bonds is 5. The summed E-state index contributed by atoms with van der Waals surface area (Å²) in [6, 6.07) is 4.00. The lowest BCUT2D eigenvalue weighted by atomic mass is 10.2. The molecule has 0 amide bonds. The summed E-state index contributed by atoms with van der Waals surface area (Å²) in [7, 11) is 1.58. The Morgan fingerprint density at radius 3 is 3.07 bits per heavy atom. The van der Waals surface area contributed by atoms with Gasteiger partial charge in [0, 0.05) is 24.3 Å². The number of halogens is 1. The number of nitrogens with zero attached hydrogens (tertiary/aromatic N) is 3. The van der Waals surface area contributed by atoms with Gasteiger partial charge in [-0.25, -0.2) is 4.39 Å². The second-order valence-corrected chi connectivity index (χ2v) is 2.77. The Hall–Kier alpha value is -1.78. The molecule has 0 saturated heterocycles.